The fourth-order valence-corrected chi connectivity index (χ4v) is 2.66. The van der Waals surface area contributed by atoms with Crippen molar-refractivity contribution in [2.45, 2.75) is 32.2 Å². The summed E-state index contributed by atoms with van der Waals surface area (Å²) in [6.45, 7) is 7.93. The number of carbonyl (C=O) groups excluding carboxylic acids is 1. The number of hydrogen-bond donors (Lipinski definition) is 2. The summed E-state index contributed by atoms with van der Waals surface area (Å²) < 4.78 is 0. The minimum absolute atomic E-state index is 0.213. The summed E-state index contributed by atoms with van der Waals surface area (Å²) in [4.78, 5) is 13.5. The first-order valence-electron chi connectivity index (χ1n) is 6.50. The maximum absolute atomic E-state index is 11.0. The van der Waals surface area contributed by atoms with Crippen LogP contribution in [0.15, 0.2) is 0 Å². The lowest BCUT2D eigenvalue weighted by molar-refractivity contribution is -0.119. The first kappa shape index (κ1) is 11.9. The number of nitrogens with zero attached hydrogens (tertiary/aromatic N) is 1. The Kier molecular flexibility index (Phi) is 4.18. The molecule has 0 spiro atoms. The van der Waals surface area contributed by atoms with Crippen molar-refractivity contribution in [3.63, 3.8) is 0 Å². The van der Waals surface area contributed by atoms with E-state index in [0.717, 1.165) is 25.4 Å². The lowest BCUT2D eigenvalue weighted by atomic mass is 10.1. The second-order valence-corrected chi connectivity index (χ2v) is 5.01. The highest BCUT2D eigenvalue weighted by molar-refractivity contribution is 5.78. The molecule has 0 aromatic carbocycles. The van der Waals surface area contributed by atoms with Crippen molar-refractivity contribution in [3.05, 3.63) is 0 Å². The maximum Gasteiger partial charge on any atom is 0.220 e. The molecule has 2 fully saturated rings. The molecule has 2 saturated heterocycles. The van der Waals surface area contributed by atoms with E-state index in [2.05, 4.69) is 22.5 Å². The van der Waals surface area contributed by atoms with Crippen LogP contribution in [0.1, 0.15) is 26.2 Å². The standard InChI is InChI=1S/C12H23N3O/c1-2-15-6-5-10(9-15)7-13-8-11-3-4-12(16)14-11/h10-11,13H,2-9H2,1H3,(H,14,16). The van der Waals surface area contributed by atoms with E-state index in [1.165, 1.54) is 26.1 Å². The molecular weight excluding hydrogens is 202 g/mol. The Hall–Kier alpha value is -0.610. The van der Waals surface area contributed by atoms with Crippen LogP contribution in [0.25, 0.3) is 0 Å². The normalized spacial score (nSPS) is 30.9. The van der Waals surface area contributed by atoms with Gasteiger partial charge >= 0.3 is 0 Å². The van der Waals surface area contributed by atoms with Gasteiger partial charge in [0.2, 0.25) is 5.91 Å². The van der Waals surface area contributed by atoms with Crippen molar-refractivity contribution < 1.29 is 4.79 Å². The molecule has 4 heteroatoms. The van der Waals surface area contributed by atoms with Gasteiger partial charge in [0.05, 0.1) is 0 Å². The second kappa shape index (κ2) is 5.64. The topological polar surface area (TPSA) is 44.4 Å². The Balaban J connectivity index is 1.56. The van der Waals surface area contributed by atoms with Crippen molar-refractivity contribution in [2.75, 3.05) is 32.7 Å². The molecule has 16 heavy (non-hydrogen) atoms. The highest BCUT2D eigenvalue weighted by Gasteiger charge is 2.23. The van der Waals surface area contributed by atoms with E-state index in [1.54, 1.807) is 0 Å². The van der Waals surface area contributed by atoms with Crippen LogP contribution < -0.4 is 10.6 Å². The molecule has 2 N–H and O–H groups in total. The van der Waals surface area contributed by atoms with E-state index < -0.39 is 0 Å². The fourth-order valence-electron chi connectivity index (χ4n) is 2.66. The third-order valence-electron chi connectivity index (χ3n) is 3.73. The fraction of sp³-hybridized carbons (Fsp3) is 0.917. The van der Waals surface area contributed by atoms with Crippen molar-refractivity contribution in [1.29, 1.82) is 0 Å². The first-order valence-corrected chi connectivity index (χ1v) is 6.50. The van der Waals surface area contributed by atoms with Gasteiger partial charge in [0.1, 0.15) is 0 Å². The zero-order valence-corrected chi connectivity index (χ0v) is 10.2. The molecular formula is C12H23N3O. The van der Waals surface area contributed by atoms with E-state index >= 15 is 0 Å². The predicted octanol–water partition coefficient (Wildman–Crippen LogP) is 0.196. The van der Waals surface area contributed by atoms with Gasteiger partial charge in [-0.1, -0.05) is 6.92 Å². The number of rotatable bonds is 5. The molecule has 2 aliphatic heterocycles. The molecule has 0 bridgehead atoms. The van der Waals surface area contributed by atoms with Gasteiger partial charge in [-0.2, -0.15) is 0 Å². The largest absolute Gasteiger partial charge is 0.352 e. The highest BCUT2D eigenvalue weighted by Crippen LogP contribution is 2.14. The first-order chi connectivity index (χ1) is 7.78. The molecule has 0 radical (unpaired) electrons. The molecule has 0 aromatic heterocycles. The molecule has 4 nitrogen and oxygen atoms in total. The molecule has 2 rings (SSSR count). The second-order valence-electron chi connectivity index (χ2n) is 5.01. The van der Waals surface area contributed by atoms with Crippen LogP contribution in [0, 0.1) is 5.92 Å². The zero-order valence-electron chi connectivity index (χ0n) is 10.2. The Labute approximate surface area is 97.8 Å². The van der Waals surface area contributed by atoms with Crippen LogP contribution in [0.5, 0.6) is 0 Å². The Morgan fingerprint density at radius 3 is 2.94 bits per heavy atom. The quantitative estimate of drug-likeness (QED) is 0.702. The minimum atomic E-state index is 0.213. The average molecular weight is 225 g/mol. The molecule has 1 amide bonds. The van der Waals surface area contributed by atoms with Crippen LogP contribution in [-0.2, 0) is 4.79 Å². The molecule has 2 heterocycles. The average Bonchev–Trinajstić information content (AvgIpc) is 2.88. The van der Waals surface area contributed by atoms with Crippen molar-refractivity contribution in [1.82, 2.24) is 15.5 Å². The molecule has 2 aliphatic rings. The van der Waals surface area contributed by atoms with Crippen LogP contribution in [0.2, 0.25) is 0 Å². The van der Waals surface area contributed by atoms with Gasteiger partial charge in [0, 0.05) is 25.6 Å². The summed E-state index contributed by atoms with van der Waals surface area (Å²) in [6.07, 6.45) is 3.02. The number of likely N-dealkylation sites (tertiary alicyclic amines) is 1. The molecule has 0 saturated carbocycles. The van der Waals surface area contributed by atoms with Gasteiger partial charge in [-0.05, 0) is 38.4 Å². The summed E-state index contributed by atoms with van der Waals surface area (Å²) >= 11 is 0. The third-order valence-corrected chi connectivity index (χ3v) is 3.73. The van der Waals surface area contributed by atoms with E-state index in [4.69, 9.17) is 0 Å². The SMILES string of the molecule is CCN1CCC(CNCC2CCC(=O)N2)C1. The highest BCUT2D eigenvalue weighted by atomic mass is 16.1. The predicted molar refractivity (Wildman–Crippen MR) is 64.3 cm³/mol. The van der Waals surface area contributed by atoms with Crippen LogP contribution in [-0.4, -0.2) is 49.6 Å². The van der Waals surface area contributed by atoms with E-state index in [9.17, 15) is 4.79 Å². The molecule has 2 atom stereocenters. The Morgan fingerprint density at radius 1 is 1.44 bits per heavy atom. The van der Waals surface area contributed by atoms with Gasteiger partial charge in [0.25, 0.3) is 0 Å². The van der Waals surface area contributed by atoms with Gasteiger partial charge < -0.3 is 15.5 Å². The molecule has 0 aliphatic carbocycles. The van der Waals surface area contributed by atoms with E-state index in [0.29, 0.717) is 12.5 Å². The van der Waals surface area contributed by atoms with Gasteiger partial charge in [-0.25, -0.2) is 0 Å². The number of hydrogen-bond acceptors (Lipinski definition) is 3. The monoisotopic (exact) mass is 225 g/mol. The summed E-state index contributed by atoms with van der Waals surface area (Å²) in [7, 11) is 0. The van der Waals surface area contributed by atoms with E-state index in [1.807, 2.05) is 0 Å². The lowest BCUT2D eigenvalue weighted by Gasteiger charge is -2.15. The van der Waals surface area contributed by atoms with Crippen LogP contribution in [0.3, 0.4) is 0 Å². The summed E-state index contributed by atoms with van der Waals surface area (Å²) in [5, 5.41) is 6.48. The van der Waals surface area contributed by atoms with Crippen LogP contribution >= 0.6 is 0 Å². The summed E-state index contributed by atoms with van der Waals surface area (Å²) in [5.41, 5.74) is 0. The molecule has 2 unspecified atom stereocenters. The number of nitrogens with one attached hydrogen (secondary N) is 2. The van der Waals surface area contributed by atoms with Gasteiger partial charge in [-0.3, -0.25) is 4.79 Å². The Morgan fingerprint density at radius 2 is 2.31 bits per heavy atom. The van der Waals surface area contributed by atoms with Crippen molar-refractivity contribution >= 4 is 5.91 Å². The maximum atomic E-state index is 11.0. The number of amides is 1. The number of carbonyl (C=O) groups is 1. The zero-order chi connectivity index (χ0) is 11.4. The van der Waals surface area contributed by atoms with Gasteiger partial charge in [0.15, 0.2) is 0 Å². The summed E-state index contributed by atoms with van der Waals surface area (Å²) in [5.74, 6) is 1.02. The molecule has 92 valence electrons. The van der Waals surface area contributed by atoms with E-state index in [-0.39, 0.29) is 5.91 Å². The van der Waals surface area contributed by atoms with Crippen LogP contribution in [0.4, 0.5) is 0 Å². The Bertz CT molecular complexity index is 244. The smallest absolute Gasteiger partial charge is 0.220 e. The lowest BCUT2D eigenvalue weighted by Crippen LogP contribution is -2.37. The van der Waals surface area contributed by atoms with Gasteiger partial charge in [-0.15, -0.1) is 0 Å². The third kappa shape index (κ3) is 3.19. The minimum Gasteiger partial charge on any atom is -0.352 e. The summed E-state index contributed by atoms with van der Waals surface area (Å²) in [6, 6.07) is 0.371. The molecule has 0 aromatic rings. The van der Waals surface area contributed by atoms with Crippen molar-refractivity contribution in [3.8, 4) is 0 Å². The van der Waals surface area contributed by atoms with Crippen molar-refractivity contribution in [2.24, 2.45) is 5.92 Å².